The van der Waals surface area contributed by atoms with Crippen LogP contribution in [0.2, 0.25) is 0 Å². The van der Waals surface area contributed by atoms with Crippen molar-refractivity contribution in [3.8, 4) is 12.1 Å². The zero-order valence-corrected chi connectivity index (χ0v) is 14.8. The topological polar surface area (TPSA) is 72.3 Å². The van der Waals surface area contributed by atoms with Crippen molar-refractivity contribution < 1.29 is 0 Å². The number of rotatable bonds is 6. The molecule has 116 valence electrons. The number of nitrogens with zero attached hydrogens (tertiary/aromatic N) is 4. The van der Waals surface area contributed by atoms with Crippen LogP contribution in [0.4, 0.5) is 0 Å². The first-order chi connectivity index (χ1) is 8.16. The van der Waals surface area contributed by atoms with E-state index in [1.54, 1.807) is 13.8 Å². The second kappa shape index (κ2) is 9.97. The Hall–Kier alpha value is -0.840. The lowest BCUT2D eigenvalue weighted by Crippen LogP contribution is -2.26. The second-order valence-electron chi connectivity index (χ2n) is 6.17. The molecule has 2 unspecified atom stereocenters. The van der Waals surface area contributed by atoms with E-state index in [1.165, 1.54) is 0 Å². The molecule has 0 aromatic rings. The van der Waals surface area contributed by atoms with E-state index in [2.05, 4.69) is 22.4 Å². The van der Waals surface area contributed by atoms with Crippen LogP contribution < -0.4 is 0 Å². The van der Waals surface area contributed by atoms with E-state index in [-0.39, 0.29) is 24.8 Å². The van der Waals surface area contributed by atoms with Crippen molar-refractivity contribution in [2.45, 2.75) is 65.5 Å². The minimum absolute atomic E-state index is 0. The molecule has 0 rings (SSSR count). The third-order valence-corrected chi connectivity index (χ3v) is 2.58. The number of hydrogen-bond acceptors (Lipinski definition) is 4. The molecule has 0 saturated carbocycles. The Labute approximate surface area is 135 Å². The molecule has 0 aliphatic carbocycles. The van der Waals surface area contributed by atoms with Crippen molar-refractivity contribution in [2.24, 2.45) is 22.1 Å². The lowest BCUT2D eigenvalue weighted by atomic mass is 9.92. The second-order valence-corrected chi connectivity index (χ2v) is 6.17. The normalized spacial score (nSPS) is 16.5. The zero-order valence-electron chi connectivity index (χ0n) is 13.2. The van der Waals surface area contributed by atoms with E-state index in [9.17, 15) is 10.5 Å². The van der Waals surface area contributed by atoms with Gasteiger partial charge in [-0.2, -0.15) is 20.8 Å². The van der Waals surface area contributed by atoms with Gasteiger partial charge in [-0.3, -0.25) is 0 Å². The first kappa shape index (κ1) is 24.2. The zero-order chi connectivity index (χ0) is 14.4. The van der Waals surface area contributed by atoms with Gasteiger partial charge in [0.2, 0.25) is 0 Å². The molecule has 0 amide bonds. The monoisotopic (exact) mass is 320 g/mol. The van der Waals surface area contributed by atoms with E-state index >= 15 is 0 Å². The van der Waals surface area contributed by atoms with Gasteiger partial charge < -0.3 is 0 Å². The number of halogens is 2. The molecule has 20 heavy (non-hydrogen) atoms. The summed E-state index contributed by atoms with van der Waals surface area (Å²) in [6.07, 6.45) is 1.30. The van der Waals surface area contributed by atoms with Gasteiger partial charge in [-0.25, -0.2) is 0 Å². The van der Waals surface area contributed by atoms with Gasteiger partial charge >= 0.3 is 0 Å². The fourth-order valence-electron chi connectivity index (χ4n) is 2.03. The van der Waals surface area contributed by atoms with Crippen molar-refractivity contribution in [2.75, 3.05) is 0 Å². The predicted molar refractivity (Wildman–Crippen MR) is 86.3 cm³/mol. The smallest absolute Gasteiger partial charge is 0.165 e. The number of hydrogen-bond donors (Lipinski definition) is 0. The average molecular weight is 321 g/mol. The highest BCUT2D eigenvalue weighted by atomic mass is 35.5. The Morgan fingerprint density at radius 3 is 1.20 bits per heavy atom. The first-order valence-corrected chi connectivity index (χ1v) is 6.43. The SMILES string of the molecule is CC(C)CC(C)(C#N)/N=N/C(C)(C#N)CC(C)C.Cl.Cl. The van der Waals surface area contributed by atoms with Crippen LogP contribution in [0, 0.1) is 34.5 Å². The van der Waals surface area contributed by atoms with Gasteiger partial charge in [-0.05, 0) is 38.5 Å². The van der Waals surface area contributed by atoms with E-state index in [0.29, 0.717) is 24.7 Å². The molecule has 0 radical (unpaired) electrons. The number of azo groups is 1. The van der Waals surface area contributed by atoms with Crippen molar-refractivity contribution in [3.05, 3.63) is 0 Å². The maximum Gasteiger partial charge on any atom is 0.165 e. The van der Waals surface area contributed by atoms with Crippen molar-refractivity contribution >= 4 is 24.8 Å². The summed E-state index contributed by atoms with van der Waals surface area (Å²) in [6, 6.07) is 4.38. The molecule has 0 N–H and O–H groups in total. The number of nitriles is 2. The third-order valence-electron chi connectivity index (χ3n) is 2.58. The van der Waals surface area contributed by atoms with E-state index in [4.69, 9.17) is 0 Å². The molecule has 0 fully saturated rings. The summed E-state index contributed by atoms with van der Waals surface area (Å²) in [5, 5.41) is 26.7. The highest BCUT2D eigenvalue weighted by Gasteiger charge is 2.29. The summed E-state index contributed by atoms with van der Waals surface area (Å²) in [7, 11) is 0. The molecular weight excluding hydrogens is 295 g/mol. The van der Waals surface area contributed by atoms with E-state index in [0.717, 1.165) is 0 Å². The predicted octanol–water partition coefficient (Wildman–Crippen LogP) is 4.94. The molecule has 0 spiro atoms. The largest absolute Gasteiger partial charge is 0.196 e. The van der Waals surface area contributed by atoms with Crippen molar-refractivity contribution in [1.82, 2.24) is 0 Å². The third kappa shape index (κ3) is 9.13. The van der Waals surface area contributed by atoms with Gasteiger partial charge in [-0.15, -0.1) is 24.8 Å². The minimum Gasteiger partial charge on any atom is -0.196 e. The van der Waals surface area contributed by atoms with Crippen molar-refractivity contribution in [1.29, 1.82) is 10.5 Å². The van der Waals surface area contributed by atoms with Crippen LogP contribution in [0.3, 0.4) is 0 Å². The van der Waals surface area contributed by atoms with Crippen LogP contribution in [-0.2, 0) is 0 Å². The molecule has 0 bridgehead atoms. The van der Waals surface area contributed by atoms with Gasteiger partial charge in [-0.1, -0.05) is 27.7 Å². The Kier molecular flexibility index (Phi) is 12.1. The molecule has 0 heterocycles. The van der Waals surface area contributed by atoms with Crippen LogP contribution in [0.15, 0.2) is 10.2 Å². The molecule has 0 aromatic heterocycles. The van der Waals surface area contributed by atoms with Crippen LogP contribution in [-0.4, -0.2) is 11.1 Å². The van der Waals surface area contributed by atoms with Gasteiger partial charge in [0.05, 0.1) is 12.1 Å². The van der Waals surface area contributed by atoms with Gasteiger partial charge in [0, 0.05) is 0 Å². The lowest BCUT2D eigenvalue weighted by molar-refractivity contribution is 0.384. The fraction of sp³-hybridized carbons (Fsp3) is 0.857. The van der Waals surface area contributed by atoms with E-state index < -0.39 is 11.1 Å². The Bertz CT molecular complexity index is 346. The van der Waals surface area contributed by atoms with Crippen molar-refractivity contribution in [3.63, 3.8) is 0 Å². The summed E-state index contributed by atoms with van der Waals surface area (Å²) < 4.78 is 0. The van der Waals surface area contributed by atoms with E-state index in [1.807, 2.05) is 27.7 Å². The summed E-state index contributed by atoms with van der Waals surface area (Å²) in [6.45, 7) is 11.7. The summed E-state index contributed by atoms with van der Waals surface area (Å²) in [4.78, 5) is 0. The molecule has 0 saturated heterocycles. The fourth-order valence-corrected chi connectivity index (χ4v) is 2.03. The van der Waals surface area contributed by atoms with Gasteiger partial charge in [0.1, 0.15) is 0 Å². The molecule has 4 nitrogen and oxygen atoms in total. The standard InChI is InChI=1S/C14H24N4.2ClH/c1-11(2)7-13(5,9-15)17-18-14(6,10-16)8-12(3)4;;/h11-12H,7-8H2,1-6H3;2*1H/b18-17+;;. The first-order valence-electron chi connectivity index (χ1n) is 6.43. The quantitative estimate of drug-likeness (QED) is 0.650. The summed E-state index contributed by atoms with van der Waals surface area (Å²) in [5.74, 6) is 0.735. The maximum absolute atomic E-state index is 9.20. The van der Waals surface area contributed by atoms with Crippen LogP contribution in [0.1, 0.15) is 54.4 Å². The highest BCUT2D eigenvalue weighted by Crippen LogP contribution is 2.25. The maximum atomic E-state index is 9.20. The summed E-state index contributed by atoms with van der Waals surface area (Å²) in [5.41, 5.74) is -1.66. The Morgan fingerprint density at radius 1 is 0.800 bits per heavy atom. The molecule has 6 heteroatoms. The molecule has 0 aliphatic rings. The minimum atomic E-state index is -0.830. The average Bonchev–Trinajstić information content (AvgIpc) is 2.25. The Morgan fingerprint density at radius 2 is 1.05 bits per heavy atom. The molecule has 0 aromatic carbocycles. The molecule has 0 aliphatic heterocycles. The molecular formula is C14H26Cl2N4. The van der Waals surface area contributed by atoms with Gasteiger partial charge in [0.15, 0.2) is 11.1 Å². The summed E-state index contributed by atoms with van der Waals surface area (Å²) >= 11 is 0. The molecule has 2 atom stereocenters. The van der Waals surface area contributed by atoms with Crippen LogP contribution in [0.5, 0.6) is 0 Å². The highest BCUT2D eigenvalue weighted by molar-refractivity contribution is 5.85. The van der Waals surface area contributed by atoms with Crippen LogP contribution in [0.25, 0.3) is 0 Å². The van der Waals surface area contributed by atoms with Crippen LogP contribution >= 0.6 is 24.8 Å². The Balaban J connectivity index is -0.00000144. The van der Waals surface area contributed by atoms with Gasteiger partial charge in [0.25, 0.3) is 0 Å². The lowest BCUT2D eigenvalue weighted by Gasteiger charge is -2.22.